The number of rotatable bonds is 3. The molecule has 0 bridgehead atoms. The fourth-order valence-corrected chi connectivity index (χ4v) is 4.11. The van der Waals surface area contributed by atoms with Gasteiger partial charge in [-0.3, -0.25) is 4.79 Å². The van der Waals surface area contributed by atoms with Gasteiger partial charge in [0.1, 0.15) is 11.3 Å². The Morgan fingerprint density at radius 1 is 1.25 bits per heavy atom. The summed E-state index contributed by atoms with van der Waals surface area (Å²) in [5.74, 6) is 0.373. The van der Waals surface area contributed by atoms with Crippen LogP contribution in [0.2, 0.25) is 10.0 Å². The Bertz CT molecular complexity index is 972. The van der Waals surface area contributed by atoms with Crippen LogP contribution in [0.3, 0.4) is 0 Å². The standard InChI is InChI=1S/C17H14Cl2N2O2S/c1-3-21-15-13(23-2)5-4-6-14(15)24-17(21)20-16(22)10-7-11(18)9-12(19)8-10/h4-9H,3H2,1-2H3. The molecule has 7 heteroatoms. The van der Waals surface area contributed by atoms with Crippen molar-refractivity contribution in [1.29, 1.82) is 0 Å². The third kappa shape index (κ3) is 3.20. The van der Waals surface area contributed by atoms with Gasteiger partial charge in [-0.1, -0.05) is 40.6 Å². The van der Waals surface area contributed by atoms with E-state index in [-0.39, 0.29) is 5.91 Å². The van der Waals surface area contributed by atoms with E-state index in [0.717, 1.165) is 16.0 Å². The predicted octanol–water partition coefficient (Wildman–Crippen LogP) is 4.78. The summed E-state index contributed by atoms with van der Waals surface area (Å²) >= 11 is 13.4. The minimum atomic E-state index is -0.382. The number of carbonyl (C=O) groups excluding carboxylic acids is 1. The minimum absolute atomic E-state index is 0.361. The first-order valence-corrected chi connectivity index (χ1v) is 8.82. The van der Waals surface area contributed by atoms with Crippen LogP contribution in [0.1, 0.15) is 17.3 Å². The van der Waals surface area contributed by atoms with Crippen molar-refractivity contribution in [2.75, 3.05) is 7.11 Å². The average Bonchev–Trinajstić information content (AvgIpc) is 2.90. The summed E-state index contributed by atoms with van der Waals surface area (Å²) in [4.78, 5) is 17.4. The van der Waals surface area contributed by atoms with E-state index in [1.807, 2.05) is 29.7 Å². The lowest BCUT2D eigenvalue weighted by atomic mass is 10.2. The van der Waals surface area contributed by atoms with Gasteiger partial charge in [-0.2, -0.15) is 4.99 Å². The highest BCUT2D eigenvalue weighted by atomic mass is 35.5. The van der Waals surface area contributed by atoms with Crippen LogP contribution in [0, 0.1) is 0 Å². The van der Waals surface area contributed by atoms with E-state index in [1.54, 1.807) is 25.3 Å². The van der Waals surface area contributed by atoms with Gasteiger partial charge in [0.25, 0.3) is 5.91 Å². The van der Waals surface area contributed by atoms with Crippen molar-refractivity contribution in [2.45, 2.75) is 13.5 Å². The minimum Gasteiger partial charge on any atom is -0.495 e. The monoisotopic (exact) mass is 380 g/mol. The van der Waals surface area contributed by atoms with Crippen molar-refractivity contribution >= 4 is 50.7 Å². The molecule has 0 aliphatic carbocycles. The third-order valence-corrected chi connectivity index (χ3v) is 4.99. The van der Waals surface area contributed by atoms with Gasteiger partial charge in [0.15, 0.2) is 4.80 Å². The number of benzene rings is 2. The molecule has 0 aliphatic heterocycles. The van der Waals surface area contributed by atoms with Crippen LogP contribution in [-0.4, -0.2) is 17.6 Å². The fourth-order valence-electron chi connectivity index (χ4n) is 2.47. The number of hydrogen-bond donors (Lipinski definition) is 0. The summed E-state index contributed by atoms with van der Waals surface area (Å²) in [5.41, 5.74) is 1.29. The number of aryl methyl sites for hydroxylation is 1. The van der Waals surface area contributed by atoms with E-state index in [0.29, 0.717) is 27.0 Å². The van der Waals surface area contributed by atoms with Crippen LogP contribution in [0.25, 0.3) is 10.2 Å². The molecule has 0 saturated carbocycles. The highest BCUT2D eigenvalue weighted by molar-refractivity contribution is 7.16. The van der Waals surface area contributed by atoms with Gasteiger partial charge in [0, 0.05) is 22.2 Å². The summed E-state index contributed by atoms with van der Waals surface area (Å²) in [6, 6.07) is 10.5. The molecule has 0 spiro atoms. The number of ether oxygens (including phenoxy) is 1. The van der Waals surface area contributed by atoms with Crippen LogP contribution in [0.15, 0.2) is 41.4 Å². The average molecular weight is 381 g/mol. The zero-order chi connectivity index (χ0) is 17.3. The predicted molar refractivity (Wildman–Crippen MR) is 98.4 cm³/mol. The summed E-state index contributed by atoms with van der Waals surface area (Å²) in [6.45, 7) is 2.67. The van der Waals surface area contributed by atoms with Crippen LogP contribution < -0.4 is 9.54 Å². The van der Waals surface area contributed by atoms with Gasteiger partial charge in [-0.25, -0.2) is 0 Å². The molecule has 124 valence electrons. The SMILES string of the molecule is CCn1c(=NC(=O)c2cc(Cl)cc(Cl)c2)sc2cccc(OC)c21. The number of fused-ring (bicyclic) bond motifs is 1. The molecular weight excluding hydrogens is 367 g/mol. The summed E-state index contributed by atoms with van der Waals surface area (Å²) < 4.78 is 8.40. The Morgan fingerprint density at radius 3 is 2.58 bits per heavy atom. The lowest BCUT2D eigenvalue weighted by molar-refractivity contribution is 0.0998. The van der Waals surface area contributed by atoms with E-state index in [4.69, 9.17) is 27.9 Å². The van der Waals surface area contributed by atoms with Gasteiger partial charge in [-0.15, -0.1) is 0 Å². The molecular formula is C17H14Cl2N2O2S. The smallest absolute Gasteiger partial charge is 0.279 e. The number of methoxy groups -OCH3 is 1. The number of halogens is 2. The Kier molecular flexibility index (Phi) is 4.94. The van der Waals surface area contributed by atoms with E-state index >= 15 is 0 Å². The molecule has 2 aromatic carbocycles. The second-order valence-corrected chi connectivity index (χ2v) is 6.89. The van der Waals surface area contributed by atoms with Crippen LogP contribution >= 0.6 is 34.5 Å². The molecule has 0 N–H and O–H groups in total. The largest absolute Gasteiger partial charge is 0.495 e. The molecule has 1 heterocycles. The van der Waals surface area contributed by atoms with E-state index < -0.39 is 0 Å². The number of carbonyl (C=O) groups is 1. The molecule has 24 heavy (non-hydrogen) atoms. The summed E-state index contributed by atoms with van der Waals surface area (Å²) in [6.07, 6.45) is 0. The normalized spacial score (nSPS) is 11.9. The highest BCUT2D eigenvalue weighted by Gasteiger charge is 2.12. The zero-order valence-electron chi connectivity index (χ0n) is 13.0. The van der Waals surface area contributed by atoms with Crippen molar-refractivity contribution in [3.8, 4) is 5.75 Å². The first kappa shape index (κ1) is 17.0. The number of amides is 1. The Labute approximate surface area is 152 Å². The van der Waals surface area contributed by atoms with Crippen molar-refractivity contribution in [3.63, 3.8) is 0 Å². The third-order valence-electron chi connectivity index (χ3n) is 3.51. The van der Waals surface area contributed by atoms with Gasteiger partial charge < -0.3 is 9.30 Å². The van der Waals surface area contributed by atoms with Gasteiger partial charge in [0.05, 0.1) is 11.8 Å². The molecule has 0 unspecified atom stereocenters. The number of nitrogens with zero attached hydrogens (tertiary/aromatic N) is 2. The summed E-state index contributed by atoms with van der Waals surface area (Å²) in [7, 11) is 1.63. The Balaban J connectivity index is 2.18. The molecule has 1 aromatic heterocycles. The molecule has 0 radical (unpaired) electrons. The van der Waals surface area contributed by atoms with Crippen LogP contribution in [0.4, 0.5) is 0 Å². The van der Waals surface area contributed by atoms with Gasteiger partial charge >= 0.3 is 0 Å². The van der Waals surface area contributed by atoms with Crippen LogP contribution in [0.5, 0.6) is 5.75 Å². The maximum atomic E-state index is 12.5. The topological polar surface area (TPSA) is 43.6 Å². The van der Waals surface area contributed by atoms with Crippen molar-refractivity contribution < 1.29 is 9.53 Å². The Hall–Kier alpha value is -1.82. The lowest BCUT2D eigenvalue weighted by Crippen LogP contribution is -2.16. The van der Waals surface area contributed by atoms with E-state index in [2.05, 4.69) is 4.99 Å². The molecule has 3 aromatic rings. The molecule has 0 aliphatic rings. The lowest BCUT2D eigenvalue weighted by Gasteiger charge is -2.05. The summed E-state index contributed by atoms with van der Waals surface area (Å²) in [5, 5.41) is 0.810. The molecule has 0 fully saturated rings. The quantitative estimate of drug-likeness (QED) is 0.655. The molecule has 0 saturated heterocycles. The first-order valence-electron chi connectivity index (χ1n) is 7.25. The molecule has 4 nitrogen and oxygen atoms in total. The molecule has 0 atom stereocenters. The van der Waals surface area contributed by atoms with Gasteiger partial charge in [0.2, 0.25) is 0 Å². The van der Waals surface area contributed by atoms with Crippen molar-refractivity contribution in [3.05, 3.63) is 56.8 Å². The number of para-hydroxylation sites is 1. The number of hydrogen-bond acceptors (Lipinski definition) is 3. The maximum absolute atomic E-state index is 12.5. The second-order valence-electron chi connectivity index (χ2n) is 5.01. The number of aromatic nitrogens is 1. The molecule has 3 rings (SSSR count). The van der Waals surface area contributed by atoms with E-state index in [1.165, 1.54) is 11.3 Å². The van der Waals surface area contributed by atoms with Crippen LogP contribution in [-0.2, 0) is 6.54 Å². The highest BCUT2D eigenvalue weighted by Crippen LogP contribution is 2.27. The van der Waals surface area contributed by atoms with Crippen molar-refractivity contribution in [2.24, 2.45) is 4.99 Å². The first-order chi connectivity index (χ1) is 11.5. The number of thiazole rings is 1. The maximum Gasteiger partial charge on any atom is 0.279 e. The van der Waals surface area contributed by atoms with Gasteiger partial charge in [-0.05, 0) is 37.3 Å². The second kappa shape index (κ2) is 6.97. The fraction of sp³-hybridized carbons (Fsp3) is 0.176. The Morgan fingerprint density at radius 2 is 1.96 bits per heavy atom. The molecule has 1 amide bonds. The van der Waals surface area contributed by atoms with E-state index in [9.17, 15) is 4.79 Å². The zero-order valence-corrected chi connectivity index (χ0v) is 15.4. The van der Waals surface area contributed by atoms with Crippen molar-refractivity contribution in [1.82, 2.24) is 4.57 Å².